The molecule has 1 saturated carbocycles. The van der Waals surface area contributed by atoms with Crippen LogP contribution in [0.4, 0.5) is 0 Å². The lowest BCUT2D eigenvalue weighted by Crippen LogP contribution is -2.38. The standard InChI is InChI=1S/C20H24O/c1-4-16-10-11-17(5-2)20(16,3)19(21)13-15-12-14-8-6-7-9-18(14)15/h4-9,15-17H,1-2,10-13H2,3H3/t15?,16-,17+,20?. The van der Waals surface area contributed by atoms with Crippen molar-refractivity contribution in [2.75, 3.05) is 0 Å². The molecule has 0 bridgehead atoms. The fourth-order valence-electron chi connectivity index (χ4n) is 4.36. The molecule has 4 atom stereocenters. The van der Waals surface area contributed by atoms with E-state index >= 15 is 0 Å². The minimum absolute atomic E-state index is 0.295. The third-order valence-corrected chi connectivity index (χ3v) is 5.89. The second-order valence-corrected chi connectivity index (χ2v) is 6.77. The van der Waals surface area contributed by atoms with E-state index < -0.39 is 0 Å². The Labute approximate surface area is 127 Å². The van der Waals surface area contributed by atoms with Crippen LogP contribution in [0, 0.1) is 17.3 Å². The average molecular weight is 280 g/mol. The molecule has 0 spiro atoms. The lowest BCUT2D eigenvalue weighted by Gasteiger charge is -2.37. The van der Waals surface area contributed by atoms with Gasteiger partial charge in [0.15, 0.2) is 0 Å². The van der Waals surface area contributed by atoms with Crippen LogP contribution in [-0.2, 0) is 11.2 Å². The Hall–Kier alpha value is -1.63. The van der Waals surface area contributed by atoms with Gasteiger partial charge in [-0.15, -0.1) is 13.2 Å². The third kappa shape index (κ3) is 2.10. The maximum absolute atomic E-state index is 13.0. The molecule has 1 heteroatoms. The summed E-state index contributed by atoms with van der Waals surface area (Å²) in [6.07, 6.45) is 7.80. The Morgan fingerprint density at radius 3 is 2.43 bits per heavy atom. The Morgan fingerprint density at radius 2 is 1.86 bits per heavy atom. The van der Waals surface area contributed by atoms with Gasteiger partial charge in [0.1, 0.15) is 5.78 Å². The molecular weight excluding hydrogens is 256 g/mol. The summed E-state index contributed by atoms with van der Waals surface area (Å²) in [5, 5.41) is 0. The van der Waals surface area contributed by atoms with Gasteiger partial charge in [0, 0.05) is 11.8 Å². The van der Waals surface area contributed by atoms with Crippen molar-refractivity contribution in [2.45, 2.75) is 38.5 Å². The number of allylic oxidation sites excluding steroid dienone is 2. The number of fused-ring (bicyclic) bond motifs is 1. The molecular formula is C20H24O. The highest BCUT2D eigenvalue weighted by Crippen LogP contribution is 2.51. The van der Waals surface area contributed by atoms with E-state index in [0.29, 0.717) is 30.0 Å². The number of hydrogen-bond acceptors (Lipinski definition) is 1. The molecule has 3 rings (SSSR count). The predicted octanol–water partition coefficient (Wildman–Crippen LogP) is 4.69. The van der Waals surface area contributed by atoms with Gasteiger partial charge in [0.05, 0.1) is 0 Å². The van der Waals surface area contributed by atoms with Gasteiger partial charge in [-0.1, -0.05) is 43.3 Å². The highest BCUT2D eigenvalue weighted by atomic mass is 16.1. The highest BCUT2D eigenvalue weighted by molar-refractivity contribution is 5.87. The van der Waals surface area contributed by atoms with Crippen LogP contribution in [0.3, 0.4) is 0 Å². The van der Waals surface area contributed by atoms with E-state index in [-0.39, 0.29) is 5.41 Å². The van der Waals surface area contributed by atoms with Crippen molar-refractivity contribution in [1.82, 2.24) is 0 Å². The van der Waals surface area contributed by atoms with Gasteiger partial charge in [-0.3, -0.25) is 4.79 Å². The molecule has 0 aromatic heterocycles. The van der Waals surface area contributed by atoms with Crippen LogP contribution in [0.2, 0.25) is 0 Å². The smallest absolute Gasteiger partial charge is 0.140 e. The van der Waals surface area contributed by atoms with E-state index in [0.717, 1.165) is 19.3 Å². The Bertz CT molecular complexity index is 567. The molecule has 2 aliphatic rings. The summed E-state index contributed by atoms with van der Waals surface area (Å²) >= 11 is 0. The zero-order chi connectivity index (χ0) is 15.0. The number of Topliss-reactive ketones (excluding diaryl/α,β-unsaturated/α-hetero) is 1. The first kappa shape index (κ1) is 14.3. The predicted molar refractivity (Wildman–Crippen MR) is 87.2 cm³/mol. The molecule has 1 nitrogen and oxygen atoms in total. The van der Waals surface area contributed by atoms with E-state index in [4.69, 9.17) is 0 Å². The topological polar surface area (TPSA) is 17.1 Å². The normalized spacial score (nSPS) is 33.9. The molecule has 0 aliphatic heterocycles. The quantitative estimate of drug-likeness (QED) is 0.715. The Morgan fingerprint density at radius 1 is 1.24 bits per heavy atom. The van der Waals surface area contributed by atoms with Crippen molar-refractivity contribution in [3.05, 3.63) is 60.7 Å². The fraction of sp³-hybridized carbons (Fsp3) is 0.450. The first-order chi connectivity index (χ1) is 10.1. The third-order valence-electron chi connectivity index (χ3n) is 5.89. The summed E-state index contributed by atoms with van der Waals surface area (Å²) in [6.45, 7) is 10.0. The maximum atomic E-state index is 13.0. The van der Waals surface area contributed by atoms with E-state index in [9.17, 15) is 4.79 Å². The Balaban J connectivity index is 1.79. The number of rotatable bonds is 5. The molecule has 0 radical (unpaired) electrons. The van der Waals surface area contributed by atoms with Crippen molar-refractivity contribution < 1.29 is 4.79 Å². The van der Waals surface area contributed by atoms with Gasteiger partial charge in [0.2, 0.25) is 0 Å². The second kappa shape index (κ2) is 5.29. The molecule has 110 valence electrons. The van der Waals surface area contributed by atoms with Gasteiger partial charge in [0.25, 0.3) is 0 Å². The van der Waals surface area contributed by atoms with Gasteiger partial charge >= 0.3 is 0 Å². The zero-order valence-electron chi connectivity index (χ0n) is 12.8. The number of carbonyl (C=O) groups is 1. The van der Waals surface area contributed by atoms with Crippen molar-refractivity contribution in [1.29, 1.82) is 0 Å². The first-order valence-corrected chi connectivity index (χ1v) is 7.97. The molecule has 2 aliphatic carbocycles. The lowest BCUT2D eigenvalue weighted by atomic mass is 9.65. The minimum atomic E-state index is -0.298. The molecule has 0 saturated heterocycles. The summed E-state index contributed by atoms with van der Waals surface area (Å²) in [4.78, 5) is 13.0. The van der Waals surface area contributed by atoms with Crippen LogP contribution >= 0.6 is 0 Å². The molecule has 1 fully saturated rings. The van der Waals surface area contributed by atoms with Crippen LogP contribution in [0.1, 0.15) is 43.2 Å². The molecule has 2 unspecified atom stereocenters. The van der Waals surface area contributed by atoms with Crippen LogP contribution < -0.4 is 0 Å². The second-order valence-electron chi connectivity index (χ2n) is 6.77. The maximum Gasteiger partial charge on any atom is 0.140 e. The first-order valence-electron chi connectivity index (χ1n) is 7.97. The van der Waals surface area contributed by atoms with E-state index in [2.05, 4.69) is 44.3 Å². The van der Waals surface area contributed by atoms with Crippen LogP contribution in [0.25, 0.3) is 0 Å². The summed E-state index contributed by atoms with van der Waals surface area (Å²) in [7, 11) is 0. The SMILES string of the molecule is C=C[C@@H]1CC[C@H](C=C)C1(C)C(=O)CC1Cc2ccccc21. The van der Waals surface area contributed by atoms with Gasteiger partial charge in [-0.2, -0.15) is 0 Å². The summed E-state index contributed by atoms with van der Waals surface area (Å²) in [5.41, 5.74) is 2.48. The van der Waals surface area contributed by atoms with Gasteiger partial charge in [-0.05, 0) is 48.1 Å². The number of carbonyl (C=O) groups excluding carboxylic acids is 1. The monoisotopic (exact) mass is 280 g/mol. The van der Waals surface area contributed by atoms with Crippen molar-refractivity contribution in [3.63, 3.8) is 0 Å². The lowest BCUT2D eigenvalue weighted by molar-refractivity contribution is -0.131. The summed E-state index contributed by atoms with van der Waals surface area (Å²) in [6, 6.07) is 8.50. The minimum Gasteiger partial charge on any atom is -0.299 e. The van der Waals surface area contributed by atoms with Crippen molar-refractivity contribution in [3.8, 4) is 0 Å². The van der Waals surface area contributed by atoms with E-state index in [1.54, 1.807) is 0 Å². The van der Waals surface area contributed by atoms with Crippen molar-refractivity contribution >= 4 is 5.78 Å². The van der Waals surface area contributed by atoms with Gasteiger partial charge < -0.3 is 0 Å². The largest absolute Gasteiger partial charge is 0.299 e. The zero-order valence-corrected chi connectivity index (χ0v) is 12.8. The summed E-state index contributed by atoms with van der Waals surface area (Å²) < 4.78 is 0. The van der Waals surface area contributed by atoms with E-state index in [1.165, 1.54) is 11.1 Å². The Kier molecular flexibility index (Phi) is 3.61. The van der Waals surface area contributed by atoms with Crippen molar-refractivity contribution in [2.24, 2.45) is 17.3 Å². The molecule has 0 amide bonds. The van der Waals surface area contributed by atoms with Crippen LogP contribution in [0.15, 0.2) is 49.6 Å². The summed E-state index contributed by atoms with van der Waals surface area (Å²) in [5.74, 6) is 1.41. The molecule has 1 aromatic carbocycles. The number of ketones is 1. The number of hydrogen-bond donors (Lipinski definition) is 0. The van der Waals surface area contributed by atoms with Crippen LogP contribution in [-0.4, -0.2) is 5.78 Å². The van der Waals surface area contributed by atoms with E-state index in [1.807, 2.05) is 12.2 Å². The fourth-order valence-corrected chi connectivity index (χ4v) is 4.36. The molecule has 21 heavy (non-hydrogen) atoms. The molecule has 0 heterocycles. The van der Waals surface area contributed by atoms with Crippen LogP contribution in [0.5, 0.6) is 0 Å². The molecule has 0 N–H and O–H groups in total. The highest BCUT2D eigenvalue weighted by Gasteiger charge is 2.49. The number of benzene rings is 1. The molecule has 1 aromatic rings. The van der Waals surface area contributed by atoms with Gasteiger partial charge in [-0.25, -0.2) is 0 Å². The average Bonchev–Trinajstić information content (AvgIpc) is 2.81.